The van der Waals surface area contributed by atoms with E-state index in [1.54, 1.807) is 47.7 Å². The number of nitrogens with zero attached hydrogens (tertiary/aromatic N) is 1. The van der Waals surface area contributed by atoms with Crippen LogP contribution in [-0.4, -0.2) is 18.9 Å². The number of rotatable bonds is 4. The Labute approximate surface area is 144 Å². The minimum atomic E-state index is -0.223. The van der Waals surface area contributed by atoms with Crippen molar-refractivity contribution in [3.05, 3.63) is 82.6 Å². The van der Waals surface area contributed by atoms with Gasteiger partial charge in [0, 0.05) is 18.1 Å². The summed E-state index contributed by atoms with van der Waals surface area (Å²) in [7, 11) is 1.72. The molecule has 5 heteroatoms. The minimum Gasteiger partial charge on any atom is -0.321 e. The van der Waals surface area contributed by atoms with Gasteiger partial charge >= 0.3 is 0 Å². The Balaban J connectivity index is 1.86. The summed E-state index contributed by atoms with van der Waals surface area (Å²) in [4.78, 5) is 26.6. The maximum Gasteiger partial charge on any atom is 0.260 e. The molecule has 2 amide bonds. The summed E-state index contributed by atoms with van der Waals surface area (Å²) in [6.45, 7) is 0. The van der Waals surface area contributed by atoms with Crippen molar-refractivity contribution in [3.8, 4) is 0 Å². The van der Waals surface area contributed by atoms with Crippen LogP contribution in [0.15, 0.2) is 71.4 Å². The Bertz CT molecular complexity index is 845. The van der Waals surface area contributed by atoms with Crippen LogP contribution >= 0.6 is 11.3 Å². The Hall–Kier alpha value is -2.92. The number of benzene rings is 2. The average Bonchev–Trinajstić information content (AvgIpc) is 3.16. The smallest absolute Gasteiger partial charge is 0.260 e. The van der Waals surface area contributed by atoms with Crippen molar-refractivity contribution in [2.24, 2.45) is 0 Å². The zero-order valence-corrected chi connectivity index (χ0v) is 13.9. The van der Waals surface area contributed by atoms with E-state index in [0.717, 1.165) is 5.69 Å². The minimum absolute atomic E-state index is 0.178. The number of amides is 2. The van der Waals surface area contributed by atoms with E-state index < -0.39 is 0 Å². The lowest BCUT2D eigenvalue weighted by atomic mass is 10.1. The molecule has 1 heterocycles. The Morgan fingerprint density at radius 3 is 2.38 bits per heavy atom. The summed E-state index contributed by atoms with van der Waals surface area (Å²) < 4.78 is 0. The first-order chi connectivity index (χ1) is 11.7. The van der Waals surface area contributed by atoms with Crippen LogP contribution in [0, 0.1) is 0 Å². The van der Waals surface area contributed by atoms with Gasteiger partial charge in [-0.3, -0.25) is 9.59 Å². The van der Waals surface area contributed by atoms with Crippen molar-refractivity contribution in [2.45, 2.75) is 0 Å². The first-order valence-corrected chi connectivity index (χ1v) is 8.37. The second-order valence-corrected chi connectivity index (χ2v) is 5.99. The zero-order chi connectivity index (χ0) is 16.9. The molecule has 0 fully saturated rings. The van der Waals surface area contributed by atoms with E-state index in [1.807, 2.05) is 35.7 Å². The van der Waals surface area contributed by atoms with Gasteiger partial charge in [0.15, 0.2) is 0 Å². The standard InChI is InChI=1S/C19H16N2O2S/c1-21(15-7-3-2-4-8-15)19(23)16-9-5-6-10-17(16)20-18(22)14-11-12-24-13-14/h2-13H,1H3,(H,20,22). The maximum absolute atomic E-state index is 12.8. The lowest BCUT2D eigenvalue weighted by molar-refractivity contribution is 0.0994. The number of hydrogen-bond donors (Lipinski definition) is 1. The molecule has 1 N–H and O–H groups in total. The summed E-state index contributed by atoms with van der Waals surface area (Å²) >= 11 is 1.46. The van der Waals surface area contributed by atoms with Crippen molar-refractivity contribution in [1.29, 1.82) is 0 Å². The van der Waals surface area contributed by atoms with Gasteiger partial charge in [-0.15, -0.1) is 0 Å². The predicted octanol–water partition coefficient (Wildman–Crippen LogP) is 4.28. The number of thiophene rings is 1. The normalized spacial score (nSPS) is 10.2. The molecule has 0 saturated carbocycles. The molecular formula is C19H16N2O2S. The monoisotopic (exact) mass is 336 g/mol. The van der Waals surface area contributed by atoms with Gasteiger partial charge in [0.1, 0.15) is 0 Å². The van der Waals surface area contributed by atoms with Crippen LogP contribution < -0.4 is 10.2 Å². The molecule has 0 unspecified atom stereocenters. The molecule has 0 radical (unpaired) electrons. The molecule has 3 rings (SSSR count). The van der Waals surface area contributed by atoms with Crippen molar-refractivity contribution in [1.82, 2.24) is 0 Å². The predicted molar refractivity (Wildman–Crippen MR) is 97.9 cm³/mol. The molecule has 120 valence electrons. The molecule has 0 aliphatic heterocycles. The highest BCUT2D eigenvalue weighted by Crippen LogP contribution is 2.21. The van der Waals surface area contributed by atoms with Gasteiger partial charge in [-0.2, -0.15) is 11.3 Å². The molecule has 4 nitrogen and oxygen atoms in total. The van der Waals surface area contributed by atoms with Crippen LogP contribution in [0.1, 0.15) is 20.7 Å². The summed E-state index contributed by atoms with van der Waals surface area (Å²) in [5.41, 5.74) is 2.33. The third-order valence-electron chi connectivity index (χ3n) is 3.64. The van der Waals surface area contributed by atoms with Crippen molar-refractivity contribution < 1.29 is 9.59 Å². The van der Waals surface area contributed by atoms with Gasteiger partial charge in [-0.1, -0.05) is 30.3 Å². The van der Waals surface area contributed by atoms with E-state index in [2.05, 4.69) is 5.32 Å². The fourth-order valence-electron chi connectivity index (χ4n) is 2.32. The van der Waals surface area contributed by atoms with Gasteiger partial charge < -0.3 is 10.2 Å². The molecular weight excluding hydrogens is 320 g/mol. The molecule has 2 aromatic carbocycles. The molecule has 0 spiro atoms. The largest absolute Gasteiger partial charge is 0.321 e. The quantitative estimate of drug-likeness (QED) is 0.773. The SMILES string of the molecule is CN(C(=O)c1ccccc1NC(=O)c1ccsc1)c1ccccc1. The third kappa shape index (κ3) is 3.36. The highest BCUT2D eigenvalue weighted by molar-refractivity contribution is 7.08. The number of anilines is 2. The third-order valence-corrected chi connectivity index (χ3v) is 4.32. The molecule has 24 heavy (non-hydrogen) atoms. The lowest BCUT2D eigenvalue weighted by Gasteiger charge is -2.19. The summed E-state index contributed by atoms with van der Waals surface area (Å²) in [6, 6.07) is 18.2. The average molecular weight is 336 g/mol. The van der Waals surface area contributed by atoms with E-state index in [0.29, 0.717) is 16.8 Å². The highest BCUT2D eigenvalue weighted by Gasteiger charge is 2.18. The summed E-state index contributed by atoms with van der Waals surface area (Å²) in [5.74, 6) is -0.402. The van der Waals surface area contributed by atoms with E-state index in [-0.39, 0.29) is 11.8 Å². The second kappa shape index (κ2) is 7.10. The fourth-order valence-corrected chi connectivity index (χ4v) is 2.95. The van der Waals surface area contributed by atoms with Gasteiger partial charge in [-0.25, -0.2) is 0 Å². The van der Waals surface area contributed by atoms with Crippen molar-refractivity contribution >= 4 is 34.5 Å². The molecule has 0 bridgehead atoms. The number of carbonyl (C=O) groups excluding carboxylic acids is 2. The first-order valence-electron chi connectivity index (χ1n) is 7.42. The van der Waals surface area contributed by atoms with Crippen LogP contribution in [0.2, 0.25) is 0 Å². The van der Waals surface area contributed by atoms with Gasteiger partial charge in [-0.05, 0) is 35.7 Å². The Morgan fingerprint density at radius 1 is 0.958 bits per heavy atom. The maximum atomic E-state index is 12.8. The van der Waals surface area contributed by atoms with Gasteiger partial charge in [0.2, 0.25) is 0 Å². The van der Waals surface area contributed by atoms with Crippen LogP contribution in [-0.2, 0) is 0 Å². The molecule has 0 aliphatic rings. The topological polar surface area (TPSA) is 49.4 Å². The summed E-state index contributed by atoms with van der Waals surface area (Å²) in [5, 5.41) is 6.44. The summed E-state index contributed by atoms with van der Waals surface area (Å²) in [6.07, 6.45) is 0. The molecule has 0 atom stereocenters. The first kappa shape index (κ1) is 16.0. The number of para-hydroxylation sites is 2. The molecule has 1 aromatic heterocycles. The number of hydrogen-bond acceptors (Lipinski definition) is 3. The number of carbonyl (C=O) groups is 2. The number of nitrogens with one attached hydrogen (secondary N) is 1. The van der Waals surface area contributed by atoms with Crippen molar-refractivity contribution in [2.75, 3.05) is 17.3 Å². The van der Waals surface area contributed by atoms with E-state index >= 15 is 0 Å². The van der Waals surface area contributed by atoms with Crippen molar-refractivity contribution in [3.63, 3.8) is 0 Å². The zero-order valence-electron chi connectivity index (χ0n) is 13.1. The Morgan fingerprint density at radius 2 is 1.67 bits per heavy atom. The second-order valence-electron chi connectivity index (χ2n) is 5.21. The van der Waals surface area contributed by atoms with Crippen LogP contribution in [0.25, 0.3) is 0 Å². The Kier molecular flexibility index (Phi) is 4.72. The molecule has 3 aromatic rings. The molecule has 0 aliphatic carbocycles. The van der Waals surface area contributed by atoms with E-state index in [9.17, 15) is 9.59 Å². The van der Waals surface area contributed by atoms with Crippen LogP contribution in [0.5, 0.6) is 0 Å². The van der Waals surface area contributed by atoms with E-state index in [1.165, 1.54) is 11.3 Å². The fraction of sp³-hybridized carbons (Fsp3) is 0.0526. The van der Waals surface area contributed by atoms with Gasteiger partial charge in [0.05, 0.1) is 16.8 Å². The van der Waals surface area contributed by atoms with Gasteiger partial charge in [0.25, 0.3) is 11.8 Å². The lowest BCUT2D eigenvalue weighted by Crippen LogP contribution is -2.27. The molecule has 0 saturated heterocycles. The van der Waals surface area contributed by atoms with E-state index in [4.69, 9.17) is 0 Å². The van der Waals surface area contributed by atoms with Crippen LogP contribution in [0.4, 0.5) is 11.4 Å². The highest BCUT2D eigenvalue weighted by atomic mass is 32.1. The van der Waals surface area contributed by atoms with Crippen LogP contribution in [0.3, 0.4) is 0 Å².